The summed E-state index contributed by atoms with van der Waals surface area (Å²) in [4.78, 5) is 5.42. The predicted molar refractivity (Wildman–Crippen MR) is 136 cm³/mol. The zero-order valence-electron chi connectivity index (χ0n) is 20.6. The maximum atomic E-state index is 2.74. The number of nitrogens with zero attached hydrogens (tertiary/aromatic N) is 2. The van der Waals surface area contributed by atoms with Crippen LogP contribution in [0.25, 0.3) is 11.4 Å². The molecule has 5 aliphatic rings. The quantitative estimate of drug-likeness (QED) is 0.524. The third-order valence-corrected chi connectivity index (χ3v) is 9.51. The minimum Gasteiger partial charge on any atom is -1.00 e. The molecule has 3 aliphatic heterocycles. The van der Waals surface area contributed by atoms with Crippen LogP contribution in [0.1, 0.15) is 92.4 Å². The minimum atomic E-state index is 0. The zero-order valence-corrected chi connectivity index (χ0v) is 22.3. The van der Waals surface area contributed by atoms with Crippen molar-refractivity contribution in [3.8, 4) is 0 Å². The summed E-state index contributed by atoms with van der Waals surface area (Å²) in [6.45, 7) is 3.71. The first kappa shape index (κ1) is 25.2. The molecule has 0 bridgehead atoms. The van der Waals surface area contributed by atoms with Crippen molar-refractivity contribution < 1.29 is 29.5 Å². The van der Waals surface area contributed by atoms with Crippen LogP contribution in [0, 0.1) is 18.5 Å². The summed E-state index contributed by atoms with van der Waals surface area (Å²) >= 11 is 0. The molecule has 2 aromatic carbocycles. The van der Waals surface area contributed by atoms with E-state index in [4.69, 9.17) is 0 Å². The van der Waals surface area contributed by atoms with Crippen molar-refractivity contribution in [1.29, 1.82) is 0 Å². The van der Waals surface area contributed by atoms with Gasteiger partial charge in [0.1, 0.15) is 6.67 Å². The molecule has 7 rings (SSSR count). The van der Waals surface area contributed by atoms with Crippen LogP contribution in [-0.2, 0) is 23.5 Å². The third kappa shape index (κ3) is 4.26. The Balaban J connectivity index is 0.00000127. The molecular weight excluding hydrogens is 499 g/mol. The topological polar surface area (TPSA) is 6.48 Å². The van der Waals surface area contributed by atoms with Crippen LogP contribution in [0.2, 0.25) is 0 Å². The molecule has 0 amide bonds. The average molecular weight is 537 g/mol. The number of hydrogen-bond acceptors (Lipinski definition) is 2. The van der Waals surface area contributed by atoms with Crippen LogP contribution in [-0.4, -0.2) is 22.4 Å². The van der Waals surface area contributed by atoms with E-state index < -0.39 is 0 Å². The van der Waals surface area contributed by atoms with Crippen molar-refractivity contribution in [2.45, 2.75) is 82.6 Å². The summed E-state index contributed by atoms with van der Waals surface area (Å²) in [5.41, 5.74) is 9.16. The monoisotopic (exact) mass is 535 g/mol. The van der Waals surface area contributed by atoms with Crippen molar-refractivity contribution >= 4 is 11.4 Å². The van der Waals surface area contributed by atoms with Crippen LogP contribution in [0.5, 0.6) is 0 Å². The zero-order chi connectivity index (χ0) is 21.8. The van der Waals surface area contributed by atoms with E-state index in [9.17, 15) is 0 Å². The third-order valence-electron chi connectivity index (χ3n) is 9.51. The molecule has 2 saturated carbocycles. The second-order valence-electron chi connectivity index (χ2n) is 11.3. The Morgan fingerprint density at radius 2 is 1.29 bits per heavy atom. The van der Waals surface area contributed by atoms with Crippen molar-refractivity contribution in [1.82, 2.24) is 9.80 Å². The van der Waals surface area contributed by atoms with Gasteiger partial charge in [-0.15, -0.1) is 0 Å². The molecule has 3 heterocycles. The van der Waals surface area contributed by atoms with Gasteiger partial charge >= 0.3 is 17.1 Å². The summed E-state index contributed by atoms with van der Waals surface area (Å²) in [5, 5.41) is 0. The Morgan fingerprint density at radius 1 is 0.657 bits per heavy atom. The summed E-state index contributed by atoms with van der Waals surface area (Å²) in [5.74, 6) is 2.34. The minimum absolute atomic E-state index is 0. The van der Waals surface area contributed by atoms with Crippen molar-refractivity contribution in [3.05, 3.63) is 77.5 Å². The van der Waals surface area contributed by atoms with Crippen LogP contribution in [0.4, 0.5) is 0 Å². The molecule has 0 N–H and O–H groups in total. The number of halogens is 1. The van der Waals surface area contributed by atoms with Gasteiger partial charge in [-0.1, -0.05) is 87.1 Å². The molecule has 189 valence electrons. The maximum absolute atomic E-state index is 2.74. The van der Waals surface area contributed by atoms with E-state index >= 15 is 0 Å². The van der Waals surface area contributed by atoms with Gasteiger partial charge in [0.15, 0.2) is 0 Å². The molecule has 0 spiro atoms. The van der Waals surface area contributed by atoms with Gasteiger partial charge in [0.05, 0.1) is 11.4 Å². The van der Waals surface area contributed by atoms with Crippen LogP contribution >= 0.6 is 0 Å². The standard InChI is InChI=1S/C31H37N2.ClH.Cu/c1-3-11-22(12-4-1)28-20-32-21-33-29(23-13-5-2-6-14-23)19-24-15-7-8-16-25(24)31(33)30(32)27-18-10-9-17-26(27)28;;/h7-10,15-18,21-23,28-29H,1-6,11-14,19-20H2;1H;/q;;+1/p-1/t28-,29-;;/m0../s1. The SMILES string of the molecule is [CH]1N2C[C@@H](C3CCCCC3)c3ccccc3C2=C2c3ccccc3C[C@@H](C3CCCCC3)N12.[Cl-].[Cu+]. The smallest absolute Gasteiger partial charge is 1.00 e. The fraction of sp³-hybridized carbons (Fsp3) is 0.516. The molecule has 2 aliphatic carbocycles. The molecule has 2 aromatic rings. The summed E-state index contributed by atoms with van der Waals surface area (Å²) < 4.78 is 0. The van der Waals surface area contributed by atoms with Gasteiger partial charge in [0.25, 0.3) is 0 Å². The van der Waals surface area contributed by atoms with E-state index in [2.05, 4.69) is 65.0 Å². The van der Waals surface area contributed by atoms with Gasteiger partial charge in [-0.3, -0.25) is 0 Å². The molecule has 35 heavy (non-hydrogen) atoms. The van der Waals surface area contributed by atoms with Crippen molar-refractivity contribution in [3.63, 3.8) is 0 Å². The first-order valence-electron chi connectivity index (χ1n) is 13.7. The predicted octanol–water partition coefficient (Wildman–Crippen LogP) is 4.43. The number of fused-ring (bicyclic) bond motifs is 6. The summed E-state index contributed by atoms with van der Waals surface area (Å²) in [7, 11) is 0. The molecule has 2 atom stereocenters. The van der Waals surface area contributed by atoms with Gasteiger partial charge < -0.3 is 22.2 Å². The van der Waals surface area contributed by atoms with E-state index in [1.54, 1.807) is 11.1 Å². The van der Waals surface area contributed by atoms with Gasteiger partial charge in [-0.25, -0.2) is 0 Å². The number of benzene rings is 2. The van der Waals surface area contributed by atoms with Crippen molar-refractivity contribution in [2.24, 2.45) is 11.8 Å². The average Bonchev–Trinajstić information content (AvgIpc) is 3.29. The van der Waals surface area contributed by atoms with Crippen LogP contribution in [0.15, 0.2) is 48.5 Å². The van der Waals surface area contributed by atoms with Crippen LogP contribution in [0.3, 0.4) is 0 Å². The number of rotatable bonds is 2. The van der Waals surface area contributed by atoms with Gasteiger partial charge in [-0.05, 0) is 55.1 Å². The molecule has 2 fully saturated rings. The van der Waals surface area contributed by atoms with Gasteiger partial charge in [0, 0.05) is 29.6 Å². The summed E-state index contributed by atoms with van der Waals surface area (Å²) in [6.07, 6.45) is 15.4. The van der Waals surface area contributed by atoms with Gasteiger partial charge in [0.2, 0.25) is 0 Å². The first-order chi connectivity index (χ1) is 16.4. The molecule has 0 aromatic heterocycles. The van der Waals surface area contributed by atoms with Crippen LogP contribution < -0.4 is 12.4 Å². The normalized spacial score (nSPS) is 26.2. The van der Waals surface area contributed by atoms with E-state index in [1.807, 2.05) is 0 Å². The molecule has 1 radical (unpaired) electrons. The molecular formula is C31H37ClCuN2. The Morgan fingerprint density at radius 3 is 2.03 bits per heavy atom. The fourth-order valence-corrected chi connectivity index (χ4v) is 7.91. The van der Waals surface area contributed by atoms with E-state index in [0.29, 0.717) is 12.0 Å². The first-order valence-corrected chi connectivity index (χ1v) is 13.7. The molecule has 2 nitrogen and oxygen atoms in total. The largest absolute Gasteiger partial charge is 1.00 e. The second kappa shape index (κ2) is 10.5. The Hall–Kier alpha value is -1.41. The maximum Gasteiger partial charge on any atom is 1.00 e. The molecule has 4 heteroatoms. The Labute approximate surface area is 228 Å². The summed E-state index contributed by atoms with van der Waals surface area (Å²) in [6, 6.07) is 19.3. The Kier molecular flexibility index (Phi) is 7.59. The van der Waals surface area contributed by atoms with Crippen molar-refractivity contribution in [2.75, 3.05) is 6.54 Å². The fourth-order valence-electron chi connectivity index (χ4n) is 7.91. The van der Waals surface area contributed by atoms with Gasteiger partial charge in [-0.2, -0.15) is 0 Å². The molecule has 0 saturated heterocycles. The second-order valence-corrected chi connectivity index (χ2v) is 11.3. The van der Waals surface area contributed by atoms with E-state index in [0.717, 1.165) is 18.4 Å². The van der Waals surface area contributed by atoms with E-state index in [-0.39, 0.29) is 29.5 Å². The number of hydrogen-bond donors (Lipinski definition) is 0. The Bertz CT molecular complexity index is 1070. The van der Waals surface area contributed by atoms with E-state index in [1.165, 1.54) is 93.2 Å². The molecule has 0 unspecified atom stereocenters.